The molecular weight excluding hydrogens is 372 g/mol. The van der Waals surface area contributed by atoms with Gasteiger partial charge in [0, 0.05) is 24.2 Å². The number of carbonyl (C=O) groups excluding carboxylic acids is 1. The van der Waals surface area contributed by atoms with Gasteiger partial charge in [0.05, 0.1) is 19.4 Å². The first-order valence-electron chi connectivity index (χ1n) is 6.70. The highest BCUT2D eigenvalue weighted by molar-refractivity contribution is 9.10. The third-order valence-electron chi connectivity index (χ3n) is 2.89. The largest absolute Gasteiger partial charge is 0.383 e. The summed E-state index contributed by atoms with van der Waals surface area (Å²) in [5.41, 5.74) is 0.811. The molecule has 0 aliphatic rings. The van der Waals surface area contributed by atoms with Crippen molar-refractivity contribution in [2.75, 3.05) is 26.5 Å². The van der Waals surface area contributed by atoms with E-state index in [0.717, 1.165) is 20.6 Å². The van der Waals surface area contributed by atoms with Gasteiger partial charge in [-0.1, -0.05) is 28.1 Å². The van der Waals surface area contributed by atoms with Crippen molar-refractivity contribution in [3.63, 3.8) is 0 Å². The second-order valence-electron chi connectivity index (χ2n) is 5.08. The van der Waals surface area contributed by atoms with Crippen molar-refractivity contribution in [1.29, 1.82) is 0 Å². The number of nitrogens with one attached hydrogen (secondary N) is 1. The van der Waals surface area contributed by atoms with Crippen molar-refractivity contribution >= 4 is 31.9 Å². The van der Waals surface area contributed by atoms with Gasteiger partial charge in [-0.15, -0.1) is 0 Å². The van der Waals surface area contributed by atoms with E-state index >= 15 is 0 Å². The Balaban J connectivity index is 2.73. The lowest BCUT2D eigenvalue weighted by Crippen LogP contribution is -2.44. The van der Waals surface area contributed by atoms with Crippen LogP contribution in [0.1, 0.15) is 12.5 Å². The van der Waals surface area contributed by atoms with Crippen LogP contribution in [0.15, 0.2) is 28.7 Å². The van der Waals surface area contributed by atoms with E-state index in [-0.39, 0.29) is 25.0 Å². The molecule has 1 aromatic carbocycles. The van der Waals surface area contributed by atoms with Crippen molar-refractivity contribution in [3.05, 3.63) is 34.3 Å². The Bertz CT molecular complexity index is 589. The molecule has 1 aromatic rings. The van der Waals surface area contributed by atoms with E-state index in [1.54, 1.807) is 14.0 Å². The molecule has 0 aliphatic carbocycles. The summed E-state index contributed by atoms with van der Waals surface area (Å²) in [4.78, 5) is 11.9. The van der Waals surface area contributed by atoms with Crippen LogP contribution < -0.4 is 5.32 Å². The van der Waals surface area contributed by atoms with Gasteiger partial charge >= 0.3 is 0 Å². The molecular formula is C14H21BrN2O4S. The number of methoxy groups -OCH3 is 1. The van der Waals surface area contributed by atoms with E-state index in [0.29, 0.717) is 6.61 Å². The smallest absolute Gasteiger partial charge is 0.235 e. The predicted molar refractivity (Wildman–Crippen MR) is 88.9 cm³/mol. The first-order valence-corrected chi connectivity index (χ1v) is 9.34. The maximum Gasteiger partial charge on any atom is 0.235 e. The van der Waals surface area contributed by atoms with Crippen LogP contribution in [0.3, 0.4) is 0 Å². The number of rotatable bonds is 8. The Morgan fingerprint density at radius 3 is 2.45 bits per heavy atom. The minimum Gasteiger partial charge on any atom is -0.383 e. The number of ether oxygens (including phenoxy) is 1. The normalized spacial score (nSPS) is 13.1. The van der Waals surface area contributed by atoms with Crippen molar-refractivity contribution in [2.24, 2.45) is 0 Å². The van der Waals surface area contributed by atoms with Crippen LogP contribution in [0.25, 0.3) is 0 Å². The summed E-state index contributed by atoms with van der Waals surface area (Å²) in [5.74, 6) is -0.355. The van der Waals surface area contributed by atoms with Gasteiger partial charge < -0.3 is 10.1 Å². The molecule has 1 atom stereocenters. The molecule has 124 valence electrons. The summed E-state index contributed by atoms with van der Waals surface area (Å²) < 4.78 is 30.7. The van der Waals surface area contributed by atoms with Gasteiger partial charge in [0.1, 0.15) is 0 Å². The zero-order valence-electron chi connectivity index (χ0n) is 12.9. The van der Waals surface area contributed by atoms with Crippen LogP contribution in [-0.2, 0) is 26.1 Å². The quantitative estimate of drug-likeness (QED) is 0.724. The van der Waals surface area contributed by atoms with Crippen molar-refractivity contribution in [3.8, 4) is 0 Å². The van der Waals surface area contributed by atoms with Crippen LogP contribution in [0.4, 0.5) is 0 Å². The number of halogens is 1. The van der Waals surface area contributed by atoms with Gasteiger partial charge in [0.25, 0.3) is 0 Å². The van der Waals surface area contributed by atoms with Crippen LogP contribution in [-0.4, -0.2) is 51.2 Å². The molecule has 6 nitrogen and oxygen atoms in total. The number of nitrogens with zero attached hydrogens (tertiary/aromatic N) is 1. The summed E-state index contributed by atoms with van der Waals surface area (Å²) in [6, 6.07) is 7.11. The molecule has 1 rings (SSSR count). The van der Waals surface area contributed by atoms with Crippen LogP contribution in [0, 0.1) is 0 Å². The molecule has 0 bridgehead atoms. The van der Waals surface area contributed by atoms with Gasteiger partial charge in [-0.25, -0.2) is 8.42 Å². The first-order chi connectivity index (χ1) is 10.2. The molecule has 0 radical (unpaired) electrons. The molecule has 0 spiro atoms. The number of amides is 1. The minimum atomic E-state index is -3.49. The second-order valence-corrected chi connectivity index (χ2v) is 7.98. The zero-order valence-corrected chi connectivity index (χ0v) is 15.3. The molecule has 0 heterocycles. The number of sulfonamides is 1. The SMILES string of the molecule is COC[C@H](C)NC(=O)CN(Cc1ccc(Br)cc1)S(C)(=O)=O. The van der Waals surface area contributed by atoms with Crippen LogP contribution in [0.5, 0.6) is 0 Å². The Kier molecular flexibility index (Phi) is 7.47. The van der Waals surface area contributed by atoms with Gasteiger partial charge in [0.2, 0.25) is 15.9 Å². The first kappa shape index (κ1) is 19.1. The molecule has 1 N–H and O–H groups in total. The van der Waals surface area contributed by atoms with Crippen LogP contribution in [0.2, 0.25) is 0 Å². The fraction of sp³-hybridized carbons (Fsp3) is 0.500. The summed E-state index contributed by atoms with van der Waals surface area (Å²) in [6.45, 7) is 2.10. The average Bonchev–Trinajstić information content (AvgIpc) is 2.39. The van der Waals surface area contributed by atoms with Gasteiger partial charge in [-0.05, 0) is 24.6 Å². The molecule has 0 saturated heterocycles. The summed E-state index contributed by atoms with van der Waals surface area (Å²) in [6.07, 6.45) is 1.09. The highest BCUT2D eigenvalue weighted by Gasteiger charge is 2.21. The molecule has 0 fully saturated rings. The standard InChI is InChI=1S/C14H21BrN2O4S/c1-11(10-21-2)16-14(18)9-17(22(3,19)20)8-12-4-6-13(15)7-5-12/h4-7,11H,8-10H2,1-3H3,(H,16,18)/t11-/m0/s1. The fourth-order valence-corrected chi connectivity index (χ4v) is 2.86. The maximum absolute atomic E-state index is 11.9. The third kappa shape index (κ3) is 6.87. The van der Waals surface area contributed by atoms with E-state index in [9.17, 15) is 13.2 Å². The van der Waals surface area contributed by atoms with Gasteiger partial charge in [-0.3, -0.25) is 4.79 Å². The Morgan fingerprint density at radius 1 is 1.36 bits per heavy atom. The number of hydrogen-bond acceptors (Lipinski definition) is 4. The van der Waals surface area contributed by atoms with Gasteiger partial charge in [-0.2, -0.15) is 4.31 Å². The lowest BCUT2D eigenvalue weighted by atomic mass is 10.2. The van der Waals surface area contributed by atoms with Crippen molar-refractivity contribution in [1.82, 2.24) is 9.62 Å². The number of carbonyl (C=O) groups is 1. The number of benzene rings is 1. The molecule has 0 aliphatic heterocycles. The maximum atomic E-state index is 11.9. The summed E-state index contributed by atoms with van der Waals surface area (Å²) >= 11 is 3.33. The van der Waals surface area contributed by atoms with E-state index in [4.69, 9.17) is 4.74 Å². The molecule has 0 aromatic heterocycles. The fourth-order valence-electron chi connectivity index (χ4n) is 1.86. The third-order valence-corrected chi connectivity index (χ3v) is 4.61. The topological polar surface area (TPSA) is 75.7 Å². The zero-order chi connectivity index (χ0) is 16.8. The molecule has 0 unspecified atom stereocenters. The Hall–Kier alpha value is -0.960. The van der Waals surface area contributed by atoms with Crippen molar-refractivity contribution in [2.45, 2.75) is 19.5 Å². The van der Waals surface area contributed by atoms with Crippen LogP contribution >= 0.6 is 15.9 Å². The highest BCUT2D eigenvalue weighted by atomic mass is 79.9. The van der Waals surface area contributed by atoms with E-state index in [1.807, 2.05) is 24.3 Å². The van der Waals surface area contributed by atoms with E-state index in [2.05, 4.69) is 21.2 Å². The Morgan fingerprint density at radius 2 is 1.95 bits per heavy atom. The molecule has 1 amide bonds. The lowest BCUT2D eigenvalue weighted by molar-refractivity contribution is -0.122. The summed E-state index contributed by atoms with van der Waals surface area (Å²) in [5, 5.41) is 2.70. The second kappa shape index (κ2) is 8.61. The number of hydrogen-bond donors (Lipinski definition) is 1. The van der Waals surface area contributed by atoms with Crippen molar-refractivity contribution < 1.29 is 17.9 Å². The molecule has 8 heteroatoms. The summed E-state index contributed by atoms with van der Waals surface area (Å²) in [7, 11) is -1.95. The minimum absolute atomic E-state index is 0.151. The highest BCUT2D eigenvalue weighted by Crippen LogP contribution is 2.13. The predicted octanol–water partition coefficient (Wildman–Crippen LogP) is 1.36. The Labute approximate surface area is 140 Å². The van der Waals surface area contributed by atoms with Gasteiger partial charge in [0.15, 0.2) is 0 Å². The lowest BCUT2D eigenvalue weighted by Gasteiger charge is -2.21. The molecule has 22 heavy (non-hydrogen) atoms. The molecule has 0 saturated carbocycles. The van der Waals surface area contributed by atoms with E-state index < -0.39 is 10.0 Å². The average molecular weight is 393 g/mol. The monoisotopic (exact) mass is 392 g/mol. The van der Waals surface area contributed by atoms with E-state index in [1.165, 1.54) is 0 Å².